The summed E-state index contributed by atoms with van der Waals surface area (Å²) in [5, 5.41) is 0. The van der Waals surface area contributed by atoms with Crippen LogP contribution in [0, 0.1) is 29.6 Å². The van der Waals surface area contributed by atoms with Crippen LogP contribution in [-0.2, 0) is 0 Å². The fourth-order valence-corrected chi connectivity index (χ4v) is 8.14. The van der Waals surface area contributed by atoms with E-state index in [0.717, 1.165) is 41.3 Å². The first-order chi connectivity index (χ1) is 18.7. The maximum Gasteiger partial charge on any atom is 0.119 e. The third-order valence-corrected chi connectivity index (χ3v) is 10.8. The Labute approximate surface area is 236 Å². The van der Waals surface area contributed by atoms with E-state index in [2.05, 4.69) is 50.3 Å². The average Bonchev–Trinajstić information content (AvgIpc) is 2.97. The second kappa shape index (κ2) is 16.8. The van der Waals surface area contributed by atoms with Crippen LogP contribution in [0.3, 0.4) is 0 Å². The van der Waals surface area contributed by atoms with Crippen molar-refractivity contribution in [1.29, 1.82) is 0 Å². The first-order valence-electron chi connectivity index (χ1n) is 17.1. The molecule has 3 fully saturated rings. The van der Waals surface area contributed by atoms with E-state index in [-0.39, 0.29) is 0 Å². The van der Waals surface area contributed by atoms with Crippen LogP contribution in [0.2, 0.25) is 0 Å². The Morgan fingerprint density at radius 1 is 0.632 bits per heavy atom. The molecule has 3 aliphatic carbocycles. The Bertz CT molecular complexity index is 754. The fourth-order valence-electron chi connectivity index (χ4n) is 8.14. The lowest BCUT2D eigenvalue weighted by Crippen LogP contribution is -2.25. The summed E-state index contributed by atoms with van der Waals surface area (Å²) in [5.74, 6) is 6.66. The van der Waals surface area contributed by atoms with Crippen molar-refractivity contribution in [3.63, 3.8) is 0 Å². The van der Waals surface area contributed by atoms with Crippen LogP contribution >= 0.6 is 0 Å². The molecule has 3 aliphatic rings. The summed E-state index contributed by atoms with van der Waals surface area (Å²) < 4.78 is 6.09. The van der Waals surface area contributed by atoms with Gasteiger partial charge in [-0.15, -0.1) is 0 Å². The van der Waals surface area contributed by atoms with Crippen molar-refractivity contribution in [2.45, 2.75) is 148 Å². The van der Waals surface area contributed by atoms with Crippen LogP contribution in [0.25, 0.3) is 0 Å². The van der Waals surface area contributed by atoms with E-state index in [4.69, 9.17) is 4.74 Å². The Morgan fingerprint density at radius 3 is 1.71 bits per heavy atom. The predicted octanol–water partition coefficient (Wildman–Crippen LogP) is 11.7. The third-order valence-electron chi connectivity index (χ3n) is 10.8. The first kappa shape index (κ1) is 29.7. The van der Waals surface area contributed by atoms with Crippen molar-refractivity contribution in [1.82, 2.24) is 0 Å². The van der Waals surface area contributed by atoms with Gasteiger partial charge in [-0.3, -0.25) is 0 Å². The molecule has 4 rings (SSSR count). The molecule has 214 valence electrons. The van der Waals surface area contributed by atoms with Crippen LogP contribution in [0.1, 0.15) is 154 Å². The molecule has 0 unspecified atom stereocenters. The minimum absolute atomic E-state index is 0.712. The second-order valence-electron chi connectivity index (χ2n) is 13.5. The summed E-state index contributed by atoms with van der Waals surface area (Å²) in [7, 11) is 0. The molecule has 0 saturated heterocycles. The van der Waals surface area contributed by atoms with E-state index in [1.165, 1.54) is 134 Å². The molecule has 0 aromatic heterocycles. The molecule has 1 heteroatoms. The molecule has 0 bridgehead atoms. The molecule has 1 nitrogen and oxygen atoms in total. The van der Waals surface area contributed by atoms with Gasteiger partial charge in [0.05, 0.1) is 0 Å². The Morgan fingerprint density at radius 2 is 1.16 bits per heavy atom. The van der Waals surface area contributed by atoms with E-state index >= 15 is 0 Å². The minimum atomic E-state index is 0.712. The maximum absolute atomic E-state index is 6.09. The Balaban J connectivity index is 1.08. The van der Waals surface area contributed by atoms with Crippen molar-refractivity contribution in [3.05, 3.63) is 42.0 Å². The van der Waals surface area contributed by atoms with Crippen molar-refractivity contribution in [3.8, 4) is 5.75 Å². The Kier molecular flexibility index (Phi) is 13.1. The summed E-state index contributed by atoms with van der Waals surface area (Å²) in [6, 6.07) is 9.09. The average molecular weight is 521 g/mol. The molecule has 38 heavy (non-hydrogen) atoms. The zero-order valence-electron chi connectivity index (χ0n) is 25.2. The van der Waals surface area contributed by atoms with Crippen molar-refractivity contribution >= 4 is 0 Å². The summed E-state index contributed by atoms with van der Waals surface area (Å²) in [6.45, 7) is 5.35. The van der Waals surface area contributed by atoms with Crippen molar-refractivity contribution < 1.29 is 4.74 Å². The summed E-state index contributed by atoms with van der Waals surface area (Å²) in [5.41, 5.74) is 1.53. The second-order valence-corrected chi connectivity index (χ2v) is 13.5. The number of rotatable bonds is 14. The molecule has 0 atom stereocenters. The minimum Gasteiger partial charge on any atom is -0.490 e. The Hall–Kier alpha value is -1.24. The molecule has 0 N–H and O–H groups in total. The third kappa shape index (κ3) is 9.75. The normalized spacial score (nSPS) is 30.5. The molecule has 0 amide bonds. The van der Waals surface area contributed by atoms with Crippen LogP contribution in [-0.4, -0.2) is 6.61 Å². The smallest absolute Gasteiger partial charge is 0.119 e. The van der Waals surface area contributed by atoms with E-state index in [1.807, 2.05) is 0 Å². The van der Waals surface area contributed by atoms with Gasteiger partial charge in [0.2, 0.25) is 0 Å². The highest BCUT2D eigenvalue weighted by molar-refractivity contribution is 5.30. The lowest BCUT2D eigenvalue weighted by Gasteiger charge is -2.37. The van der Waals surface area contributed by atoms with Crippen molar-refractivity contribution in [2.24, 2.45) is 29.6 Å². The summed E-state index contributed by atoms with van der Waals surface area (Å²) in [4.78, 5) is 0. The van der Waals surface area contributed by atoms with Gasteiger partial charge < -0.3 is 4.74 Å². The van der Waals surface area contributed by atoms with Gasteiger partial charge in [-0.2, -0.15) is 0 Å². The molecular weight excluding hydrogens is 460 g/mol. The molecule has 0 heterocycles. The van der Waals surface area contributed by atoms with Gasteiger partial charge in [-0.05, 0) is 117 Å². The van der Waals surface area contributed by atoms with Gasteiger partial charge in [0, 0.05) is 0 Å². The lowest BCUT2D eigenvalue weighted by atomic mass is 9.68. The molecule has 1 aromatic carbocycles. The molecule has 1 aromatic rings. The number of allylic oxidation sites excluding steroid dienone is 1. The van der Waals surface area contributed by atoms with Crippen molar-refractivity contribution in [2.75, 3.05) is 6.61 Å². The van der Waals surface area contributed by atoms with Gasteiger partial charge in [-0.25, -0.2) is 0 Å². The van der Waals surface area contributed by atoms with Gasteiger partial charge >= 0.3 is 0 Å². The van der Waals surface area contributed by atoms with Crippen LogP contribution in [0.15, 0.2) is 36.4 Å². The summed E-state index contributed by atoms with van der Waals surface area (Å²) in [6.07, 6.45) is 33.6. The van der Waals surface area contributed by atoms with Gasteiger partial charge in [0.15, 0.2) is 0 Å². The SMILES string of the molecule is CCCCCC1CCC(c2ccc(OC/C=C/[C@H]3CC[C@H]([C@H]4CC[C@H](CCCCC)CC4)CC3)cc2)CC1. The molecule has 0 aliphatic heterocycles. The standard InChI is InChI=1S/C37H60O/c1-3-5-7-10-30-13-19-33(20-14-30)34-23-17-32(18-24-34)12-9-29-38-37-27-25-36(26-28-37)35-21-15-31(16-22-35)11-8-6-4-2/h9,12,25-28,30-35H,3-8,10-11,13-24,29H2,1-2H3/b12-9+/t30-,31?,32-,33-,34-,35?. The van der Waals surface area contributed by atoms with Gasteiger partial charge in [0.1, 0.15) is 12.4 Å². The highest BCUT2D eigenvalue weighted by atomic mass is 16.5. The fraction of sp³-hybridized carbons (Fsp3) is 0.784. The van der Waals surface area contributed by atoms with Gasteiger partial charge in [-0.1, -0.05) is 102 Å². The number of benzene rings is 1. The quantitative estimate of drug-likeness (QED) is 0.175. The number of hydrogen-bond donors (Lipinski definition) is 0. The van der Waals surface area contributed by atoms with Crippen LogP contribution < -0.4 is 4.74 Å². The number of unbranched alkanes of at least 4 members (excludes halogenated alkanes) is 4. The number of hydrogen-bond acceptors (Lipinski definition) is 1. The molecule has 0 spiro atoms. The van der Waals surface area contributed by atoms with E-state index in [9.17, 15) is 0 Å². The van der Waals surface area contributed by atoms with Crippen LogP contribution in [0.4, 0.5) is 0 Å². The summed E-state index contributed by atoms with van der Waals surface area (Å²) >= 11 is 0. The maximum atomic E-state index is 6.09. The largest absolute Gasteiger partial charge is 0.490 e. The first-order valence-corrected chi connectivity index (χ1v) is 17.1. The topological polar surface area (TPSA) is 9.23 Å². The van der Waals surface area contributed by atoms with E-state index in [1.54, 1.807) is 0 Å². The molecule has 0 radical (unpaired) electrons. The predicted molar refractivity (Wildman–Crippen MR) is 165 cm³/mol. The zero-order chi connectivity index (χ0) is 26.4. The van der Waals surface area contributed by atoms with Gasteiger partial charge in [0.25, 0.3) is 0 Å². The lowest BCUT2D eigenvalue weighted by molar-refractivity contribution is 0.151. The highest BCUT2D eigenvalue weighted by Gasteiger charge is 2.30. The van der Waals surface area contributed by atoms with E-state index < -0.39 is 0 Å². The van der Waals surface area contributed by atoms with E-state index in [0.29, 0.717) is 6.61 Å². The molecular formula is C37H60O. The highest BCUT2D eigenvalue weighted by Crippen LogP contribution is 2.42. The van der Waals surface area contributed by atoms with Crippen LogP contribution in [0.5, 0.6) is 5.75 Å². The molecule has 3 saturated carbocycles. The zero-order valence-corrected chi connectivity index (χ0v) is 25.2. The monoisotopic (exact) mass is 520 g/mol. The number of ether oxygens (including phenoxy) is 1.